The van der Waals surface area contributed by atoms with Gasteiger partial charge in [0, 0.05) is 32.7 Å². The van der Waals surface area contributed by atoms with Crippen molar-refractivity contribution in [2.45, 2.75) is 13.2 Å². The Balaban J connectivity index is 1.34. The first-order valence-electron chi connectivity index (χ1n) is 10.3. The molecule has 156 valence electrons. The quantitative estimate of drug-likeness (QED) is 0.636. The lowest BCUT2D eigenvalue weighted by Crippen LogP contribution is -2.45. The molecular formula is C25H28N2O3. The van der Waals surface area contributed by atoms with E-state index >= 15 is 0 Å². The molecule has 5 nitrogen and oxygen atoms in total. The predicted molar refractivity (Wildman–Crippen MR) is 119 cm³/mol. The minimum Gasteiger partial charge on any atom is -0.506 e. The molecule has 1 aliphatic heterocycles. The molecule has 30 heavy (non-hydrogen) atoms. The van der Waals surface area contributed by atoms with Crippen LogP contribution in [0.15, 0.2) is 72.8 Å². The Kier molecular flexibility index (Phi) is 6.40. The summed E-state index contributed by atoms with van der Waals surface area (Å²) >= 11 is 0. The van der Waals surface area contributed by atoms with Gasteiger partial charge in [-0.15, -0.1) is 0 Å². The molecule has 3 aromatic rings. The zero-order valence-electron chi connectivity index (χ0n) is 17.3. The number of phenolic OH excluding ortho intramolecular Hbond substituents is 1. The molecule has 0 saturated carbocycles. The van der Waals surface area contributed by atoms with Crippen molar-refractivity contribution in [3.05, 3.63) is 83.9 Å². The Labute approximate surface area is 178 Å². The molecule has 0 aliphatic carbocycles. The third kappa shape index (κ3) is 4.86. The number of para-hydroxylation sites is 2. The molecule has 0 amide bonds. The lowest BCUT2D eigenvalue weighted by Gasteiger charge is -2.36. The molecule has 0 spiro atoms. The number of phenols is 1. The van der Waals surface area contributed by atoms with Gasteiger partial charge in [0.15, 0.2) is 11.5 Å². The van der Waals surface area contributed by atoms with Gasteiger partial charge in [0.1, 0.15) is 12.4 Å². The Morgan fingerprint density at radius 1 is 0.800 bits per heavy atom. The summed E-state index contributed by atoms with van der Waals surface area (Å²) in [6.45, 7) is 5.07. The number of ether oxygens (including phenoxy) is 2. The lowest BCUT2D eigenvalue weighted by atomic mass is 10.1. The highest BCUT2D eigenvalue weighted by Crippen LogP contribution is 2.30. The Morgan fingerprint density at radius 2 is 1.53 bits per heavy atom. The number of aromatic hydroxyl groups is 1. The van der Waals surface area contributed by atoms with Gasteiger partial charge in [0.05, 0.1) is 12.8 Å². The molecule has 4 rings (SSSR count). The summed E-state index contributed by atoms with van der Waals surface area (Å²) in [5.74, 6) is 1.87. The van der Waals surface area contributed by atoms with E-state index in [4.69, 9.17) is 9.47 Å². The molecule has 3 aromatic carbocycles. The number of piperazine rings is 1. The zero-order valence-corrected chi connectivity index (χ0v) is 17.3. The third-order valence-electron chi connectivity index (χ3n) is 5.47. The van der Waals surface area contributed by atoms with Crippen molar-refractivity contribution in [3.63, 3.8) is 0 Å². The van der Waals surface area contributed by atoms with Crippen molar-refractivity contribution in [2.75, 3.05) is 38.2 Å². The molecule has 0 bridgehead atoms. The van der Waals surface area contributed by atoms with Gasteiger partial charge in [-0.05, 0) is 35.4 Å². The summed E-state index contributed by atoms with van der Waals surface area (Å²) in [6, 6.07) is 23.8. The van der Waals surface area contributed by atoms with Crippen LogP contribution in [-0.2, 0) is 13.2 Å². The van der Waals surface area contributed by atoms with Gasteiger partial charge in [-0.2, -0.15) is 0 Å². The van der Waals surface area contributed by atoms with E-state index in [2.05, 4.69) is 34.1 Å². The van der Waals surface area contributed by atoms with Crippen molar-refractivity contribution in [2.24, 2.45) is 0 Å². The molecule has 1 fully saturated rings. The van der Waals surface area contributed by atoms with Crippen LogP contribution in [0.1, 0.15) is 11.1 Å². The van der Waals surface area contributed by atoms with Gasteiger partial charge in [-0.3, -0.25) is 4.90 Å². The van der Waals surface area contributed by atoms with Crippen molar-refractivity contribution in [1.29, 1.82) is 0 Å². The largest absolute Gasteiger partial charge is 0.506 e. The number of benzene rings is 3. The fourth-order valence-corrected chi connectivity index (χ4v) is 3.80. The topological polar surface area (TPSA) is 45.2 Å². The molecule has 1 heterocycles. The Hall–Kier alpha value is -3.18. The first-order valence-corrected chi connectivity index (χ1v) is 10.3. The van der Waals surface area contributed by atoms with Gasteiger partial charge < -0.3 is 19.5 Å². The van der Waals surface area contributed by atoms with Crippen LogP contribution in [0.2, 0.25) is 0 Å². The predicted octanol–water partition coefficient (Wildman–Crippen LogP) is 4.30. The zero-order chi connectivity index (χ0) is 20.8. The van der Waals surface area contributed by atoms with E-state index in [1.54, 1.807) is 13.2 Å². The van der Waals surface area contributed by atoms with Gasteiger partial charge in [0.25, 0.3) is 0 Å². The average Bonchev–Trinajstić information content (AvgIpc) is 2.80. The second-order valence-electron chi connectivity index (χ2n) is 7.51. The number of methoxy groups -OCH3 is 1. The molecule has 1 N–H and O–H groups in total. The average molecular weight is 405 g/mol. The monoisotopic (exact) mass is 404 g/mol. The van der Waals surface area contributed by atoms with Crippen LogP contribution in [0.4, 0.5) is 5.69 Å². The minimum atomic E-state index is 0.349. The van der Waals surface area contributed by atoms with Crippen molar-refractivity contribution >= 4 is 5.69 Å². The van der Waals surface area contributed by atoms with Crippen LogP contribution in [0.3, 0.4) is 0 Å². The maximum absolute atomic E-state index is 10.1. The molecule has 0 unspecified atom stereocenters. The van der Waals surface area contributed by atoms with Crippen LogP contribution in [0, 0.1) is 0 Å². The highest BCUT2D eigenvalue weighted by atomic mass is 16.5. The summed E-state index contributed by atoms with van der Waals surface area (Å²) in [5.41, 5.74) is 3.25. The molecule has 1 saturated heterocycles. The van der Waals surface area contributed by atoms with E-state index in [-0.39, 0.29) is 0 Å². The maximum atomic E-state index is 10.1. The first kappa shape index (κ1) is 20.1. The smallest absolute Gasteiger partial charge is 0.161 e. The summed E-state index contributed by atoms with van der Waals surface area (Å²) in [4.78, 5) is 4.67. The van der Waals surface area contributed by atoms with E-state index in [0.29, 0.717) is 12.4 Å². The highest BCUT2D eigenvalue weighted by molar-refractivity contribution is 5.57. The normalized spacial score (nSPS) is 14.5. The van der Waals surface area contributed by atoms with E-state index in [0.717, 1.165) is 55.5 Å². The SMILES string of the molecule is COc1cc(CN2CCN(c3ccccc3O)CC2)ccc1OCc1ccccc1. The van der Waals surface area contributed by atoms with Crippen LogP contribution in [0.5, 0.6) is 17.2 Å². The van der Waals surface area contributed by atoms with Crippen LogP contribution >= 0.6 is 0 Å². The standard InChI is InChI=1S/C25H28N2O3/c1-29-25-17-21(11-12-24(25)30-19-20-7-3-2-4-8-20)18-26-13-15-27(16-14-26)22-9-5-6-10-23(22)28/h2-12,17,28H,13-16,18-19H2,1H3. The van der Waals surface area contributed by atoms with Gasteiger partial charge in [0.2, 0.25) is 0 Å². The summed E-state index contributed by atoms with van der Waals surface area (Å²) < 4.78 is 11.5. The van der Waals surface area contributed by atoms with E-state index < -0.39 is 0 Å². The number of hydrogen-bond donors (Lipinski definition) is 1. The maximum Gasteiger partial charge on any atom is 0.161 e. The van der Waals surface area contributed by atoms with Crippen molar-refractivity contribution < 1.29 is 14.6 Å². The fraction of sp³-hybridized carbons (Fsp3) is 0.280. The fourth-order valence-electron chi connectivity index (χ4n) is 3.80. The van der Waals surface area contributed by atoms with Crippen LogP contribution in [-0.4, -0.2) is 43.3 Å². The summed E-state index contributed by atoms with van der Waals surface area (Å²) in [7, 11) is 1.68. The molecule has 5 heteroatoms. The summed E-state index contributed by atoms with van der Waals surface area (Å²) in [5, 5.41) is 10.1. The third-order valence-corrected chi connectivity index (χ3v) is 5.47. The van der Waals surface area contributed by atoms with E-state index in [1.807, 2.05) is 42.5 Å². The van der Waals surface area contributed by atoms with E-state index in [1.165, 1.54) is 5.56 Å². The van der Waals surface area contributed by atoms with Gasteiger partial charge in [-0.25, -0.2) is 0 Å². The van der Waals surface area contributed by atoms with Crippen LogP contribution in [0.25, 0.3) is 0 Å². The Morgan fingerprint density at radius 3 is 2.27 bits per heavy atom. The summed E-state index contributed by atoms with van der Waals surface area (Å²) in [6.07, 6.45) is 0. The first-order chi connectivity index (χ1) is 14.7. The number of hydrogen-bond acceptors (Lipinski definition) is 5. The Bertz CT molecular complexity index is 954. The number of rotatable bonds is 7. The van der Waals surface area contributed by atoms with Gasteiger partial charge in [-0.1, -0.05) is 48.5 Å². The van der Waals surface area contributed by atoms with E-state index in [9.17, 15) is 5.11 Å². The number of nitrogens with zero attached hydrogens (tertiary/aromatic N) is 2. The minimum absolute atomic E-state index is 0.349. The highest BCUT2D eigenvalue weighted by Gasteiger charge is 2.19. The second-order valence-corrected chi connectivity index (χ2v) is 7.51. The van der Waals surface area contributed by atoms with Crippen molar-refractivity contribution in [1.82, 2.24) is 4.90 Å². The number of anilines is 1. The van der Waals surface area contributed by atoms with Gasteiger partial charge >= 0.3 is 0 Å². The molecule has 1 aliphatic rings. The lowest BCUT2D eigenvalue weighted by molar-refractivity contribution is 0.248. The molecule has 0 atom stereocenters. The van der Waals surface area contributed by atoms with Crippen LogP contribution < -0.4 is 14.4 Å². The molecular weight excluding hydrogens is 376 g/mol. The molecule has 0 aromatic heterocycles. The van der Waals surface area contributed by atoms with Crippen molar-refractivity contribution in [3.8, 4) is 17.2 Å². The second kappa shape index (κ2) is 9.55. The molecule has 0 radical (unpaired) electrons.